The van der Waals surface area contributed by atoms with Crippen LogP contribution in [-0.4, -0.2) is 16.8 Å². The number of carbonyl (C=O) groups excluding carboxylic acids is 2. The number of rotatable bonds is 3. The zero-order valence-corrected chi connectivity index (χ0v) is 17.4. The van der Waals surface area contributed by atoms with Gasteiger partial charge in [0.25, 0.3) is 11.7 Å². The van der Waals surface area contributed by atoms with Gasteiger partial charge in [-0.2, -0.15) is 0 Å². The Morgan fingerprint density at radius 1 is 0.900 bits per heavy atom. The predicted octanol–water partition coefficient (Wildman–Crippen LogP) is 5.58. The van der Waals surface area contributed by atoms with E-state index in [0.29, 0.717) is 16.3 Å². The maximum atomic E-state index is 13.1. The van der Waals surface area contributed by atoms with E-state index in [1.807, 2.05) is 62.4 Å². The van der Waals surface area contributed by atoms with Crippen LogP contribution in [0.5, 0.6) is 0 Å². The van der Waals surface area contributed by atoms with E-state index in [0.717, 1.165) is 16.7 Å². The van der Waals surface area contributed by atoms with Crippen molar-refractivity contribution < 1.29 is 14.7 Å². The Morgan fingerprint density at radius 2 is 1.57 bits per heavy atom. The van der Waals surface area contributed by atoms with E-state index in [2.05, 4.69) is 0 Å². The molecule has 1 atom stereocenters. The number of nitrogens with zero attached hydrogens (tertiary/aromatic N) is 1. The Kier molecular flexibility index (Phi) is 5.18. The SMILES string of the molecule is Cc1ccc(N2C(=O)C(=O)/C(=C(/O)c3ccc(Cl)cc3)C2c2ccccc2)cc1C. The Bertz CT molecular complexity index is 1170. The lowest BCUT2D eigenvalue weighted by Crippen LogP contribution is -2.29. The zero-order valence-electron chi connectivity index (χ0n) is 16.6. The lowest BCUT2D eigenvalue weighted by atomic mass is 9.95. The van der Waals surface area contributed by atoms with Gasteiger partial charge in [-0.05, 0) is 66.9 Å². The van der Waals surface area contributed by atoms with Gasteiger partial charge in [0.1, 0.15) is 5.76 Å². The molecule has 1 N–H and O–H groups in total. The summed E-state index contributed by atoms with van der Waals surface area (Å²) >= 11 is 5.96. The number of aryl methyl sites for hydroxylation is 2. The first-order valence-electron chi connectivity index (χ1n) is 9.57. The third-order valence-corrected chi connectivity index (χ3v) is 5.70. The number of aliphatic hydroxyl groups excluding tert-OH is 1. The highest BCUT2D eigenvalue weighted by Crippen LogP contribution is 2.42. The standard InChI is InChI=1S/C25H20ClNO3/c1-15-8-13-20(14-16(15)2)27-22(17-6-4-3-5-7-17)21(24(29)25(27)30)23(28)18-9-11-19(26)12-10-18/h3-14,22,28H,1-2H3/b23-21+. The molecule has 1 unspecified atom stereocenters. The van der Waals surface area contributed by atoms with Crippen molar-refractivity contribution in [2.24, 2.45) is 0 Å². The fourth-order valence-electron chi connectivity index (χ4n) is 3.69. The molecule has 0 aliphatic carbocycles. The lowest BCUT2D eigenvalue weighted by Gasteiger charge is -2.26. The molecule has 150 valence electrons. The van der Waals surface area contributed by atoms with E-state index < -0.39 is 17.7 Å². The van der Waals surface area contributed by atoms with Gasteiger partial charge < -0.3 is 5.11 Å². The molecule has 0 saturated carbocycles. The van der Waals surface area contributed by atoms with Crippen molar-refractivity contribution >= 4 is 34.7 Å². The topological polar surface area (TPSA) is 57.6 Å². The first kappa shape index (κ1) is 19.9. The van der Waals surface area contributed by atoms with E-state index >= 15 is 0 Å². The molecule has 0 bridgehead atoms. The number of hydrogen-bond acceptors (Lipinski definition) is 3. The molecule has 3 aromatic carbocycles. The molecule has 1 amide bonds. The largest absolute Gasteiger partial charge is 0.507 e. The summed E-state index contributed by atoms with van der Waals surface area (Å²) in [6, 6.07) is 20.7. The van der Waals surface area contributed by atoms with Crippen LogP contribution in [0.4, 0.5) is 5.69 Å². The molecule has 0 radical (unpaired) electrons. The maximum absolute atomic E-state index is 13.1. The minimum Gasteiger partial charge on any atom is -0.507 e. The van der Waals surface area contributed by atoms with Crippen molar-refractivity contribution in [1.82, 2.24) is 0 Å². The molecular weight excluding hydrogens is 398 g/mol. The van der Waals surface area contributed by atoms with Gasteiger partial charge in [-0.25, -0.2) is 0 Å². The van der Waals surface area contributed by atoms with Gasteiger partial charge in [-0.1, -0.05) is 48.0 Å². The smallest absolute Gasteiger partial charge is 0.300 e. The molecule has 4 nitrogen and oxygen atoms in total. The lowest BCUT2D eigenvalue weighted by molar-refractivity contribution is -0.132. The summed E-state index contributed by atoms with van der Waals surface area (Å²) in [7, 11) is 0. The Hall–Kier alpha value is -3.37. The van der Waals surface area contributed by atoms with Crippen molar-refractivity contribution in [3.05, 3.63) is 106 Å². The number of amides is 1. The fourth-order valence-corrected chi connectivity index (χ4v) is 3.81. The van der Waals surface area contributed by atoms with Crippen molar-refractivity contribution in [3.8, 4) is 0 Å². The number of carbonyl (C=O) groups is 2. The fraction of sp³-hybridized carbons (Fsp3) is 0.120. The first-order valence-corrected chi connectivity index (χ1v) is 9.95. The van der Waals surface area contributed by atoms with E-state index in [9.17, 15) is 14.7 Å². The molecule has 1 fully saturated rings. The van der Waals surface area contributed by atoms with Crippen LogP contribution in [0.2, 0.25) is 5.02 Å². The average molecular weight is 418 g/mol. The molecule has 1 aliphatic heterocycles. The van der Waals surface area contributed by atoms with Crippen molar-refractivity contribution in [2.75, 3.05) is 4.90 Å². The van der Waals surface area contributed by atoms with Crippen molar-refractivity contribution in [2.45, 2.75) is 19.9 Å². The minimum absolute atomic E-state index is 0.0618. The summed E-state index contributed by atoms with van der Waals surface area (Å²) in [4.78, 5) is 27.6. The monoisotopic (exact) mass is 417 g/mol. The van der Waals surface area contributed by atoms with Crippen molar-refractivity contribution in [1.29, 1.82) is 0 Å². The van der Waals surface area contributed by atoms with Gasteiger partial charge in [0.2, 0.25) is 0 Å². The maximum Gasteiger partial charge on any atom is 0.300 e. The van der Waals surface area contributed by atoms with Crippen LogP contribution in [0.1, 0.15) is 28.3 Å². The van der Waals surface area contributed by atoms with Gasteiger partial charge in [0.15, 0.2) is 0 Å². The third-order valence-electron chi connectivity index (χ3n) is 5.45. The molecule has 3 aromatic rings. The minimum atomic E-state index is -0.732. The second-order valence-electron chi connectivity index (χ2n) is 7.36. The Labute approximate surface area is 180 Å². The second kappa shape index (κ2) is 7.81. The highest BCUT2D eigenvalue weighted by atomic mass is 35.5. The Morgan fingerprint density at radius 3 is 2.20 bits per heavy atom. The summed E-state index contributed by atoms with van der Waals surface area (Å²) in [6.07, 6.45) is 0. The van der Waals surface area contributed by atoms with Crippen LogP contribution in [0.3, 0.4) is 0 Å². The Balaban J connectivity index is 1.94. The third kappa shape index (κ3) is 3.40. The van der Waals surface area contributed by atoms with Crippen LogP contribution in [0, 0.1) is 13.8 Å². The van der Waals surface area contributed by atoms with Crippen LogP contribution in [0.25, 0.3) is 5.76 Å². The summed E-state index contributed by atoms with van der Waals surface area (Å²) in [5.41, 5.74) is 3.95. The number of Topliss-reactive ketones (excluding diaryl/α,β-unsaturated/α-hetero) is 1. The average Bonchev–Trinajstić information content (AvgIpc) is 3.01. The summed E-state index contributed by atoms with van der Waals surface area (Å²) in [5.74, 6) is -1.60. The molecule has 5 heteroatoms. The number of benzene rings is 3. The summed E-state index contributed by atoms with van der Waals surface area (Å²) in [6.45, 7) is 3.95. The number of anilines is 1. The van der Waals surface area contributed by atoms with Gasteiger partial charge in [0, 0.05) is 16.3 Å². The highest BCUT2D eigenvalue weighted by molar-refractivity contribution is 6.51. The normalized spacial score (nSPS) is 18.1. The molecule has 1 heterocycles. The second-order valence-corrected chi connectivity index (χ2v) is 7.79. The molecule has 1 saturated heterocycles. The van der Waals surface area contributed by atoms with E-state index in [1.54, 1.807) is 24.3 Å². The summed E-state index contributed by atoms with van der Waals surface area (Å²) < 4.78 is 0. The van der Waals surface area contributed by atoms with Gasteiger partial charge >= 0.3 is 0 Å². The van der Waals surface area contributed by atoms with Gasteiger partial charge in [-0.3, -0.25) is 14.5 Å². The molecule has 1 aliphatic rings. The number of hydrogen-bond donors (Lipinski definition) is 1. The zero-order chi connectivity index (χ0) is 21.4. The van der Waals surface area contributed by atoms with E-state index in [-0.39, 0.29) is 11.3 Å². The summed E-state index contributed by atoms with van der Waals surface area (Å²) in [5, 5.41) is 11.5. The first-order chi connectivity index (χ1) is 14.4. The number of aliphatic hydroxyl groups is 1. The van der Waals surface area contributed by atoms with Gasteiger partial charge in [-0.15, -0.1) is 0 Å². The van der Waals surface area contributed by atoms with E-state index in [1.165, 1.54) is 4.90 Å². The molecule has 0 aromatic heterocycles. The van der Waals surface area contributed by atoms with E-state index in [4.69, 9.17) is 11.6 Å². The van der Waals surface area contributed by atoms with Gasteiger partial charge in [0.05, 0.1) is 11.6 Å². The highest BCUT2D eigenvalue weighted by Gasteiger charge is 2.46. The van der Waals surface area contributed by atoms with Crippen LogP contribution in [0.15, 0.2) is 78.4 Å². The van der Waals surface area contributed by atoms with Crippen LogP contribution >= 0.6 is 11.6 Å². The number of ketones is 1. The molecule has 30 heavy (non-hydrogen) atoms. The van der Waals surface area contributed by atoms with Crippen LogP contribution < -0.4 is 4.90 Å². The quantitative estimate of drug-likeness (QED) is 0.343. The molecule has 0 spiro atoms. The molecule has 4 rings (SSSR count). The van der Waals surface area contributed by atoms with Crippen LogP contribution in [-0.2, 0) is 9.59 Å². The van der Waals surface area contributed by atoms with Crippen molar-refractivity contribution in [3.63, 3.8) is 0 Å². The number of halogens is 1. The molecular formula is C25H20ClNO3. The predicted molar refractivity (Wildman–Crippen MR) is 119 cm³/mol.